The molecule has 5 heteroatoms. The number of ether oxygens (including phenoxy) is 1. The van der Waals surface area contributed by atoms with Gasteiger partial charge in [-0.25, -0.2) is 4.98 Å². The number of carbonyl (C=O) groups excluding carboxylic acids is 1. The first-order chi connectivity index (χ1) is 8.34. The van der Waals surface area contributed by atoms with Gasteiger partial charge in [0.2, 0.25) is 0 Å². The van der Waals surface area contributed by atoms with E-state index in [4.69, 9.17) is 4.74 Å². The van der Waals surface area contributed by atoms with Gasteiger partial charge in [-0.2, -0.15) is 0 Å². The Labute approximate surface area is 105 Å². The van der Waals surface area contributed by atoms with Gasteiger partial charge in [-0.3, -0.25) is 4.79 Å². The number of nitrogens with zero attached hydrogens (tertiary/aromatic N) is 1. The summed E-state index contributed by atoms with van der Waals surface area (Å²) < 4.78 is 5.69. The highest BCUT2D eigenvalue weighted by Crippen LogP contribution is 2.09. The van der Waals surface area contributed by atoms with Crippen molar-refractivity contribution in [2.24, 2.45) is 0 Å². The quantitative estimate of drug-likeness (QED) is 0.834. The molecular weight excluding hydrogens is 236 g/mol. The number of aromatic nitrogens is 1. The van der Waals surface area contributed by atoms with Crippen molar-refractivity contribution in [3.8, 4) is 0 Å². The lowest BCUT2D eigenvalue weighted by molar-refractivity contribution is -0.120. The maximum atomic E-state index is 11.6. The van der Waals surface area contributed by atoms with Gasteiger partial charge >= 0.3 is 0 Å². The van der Waals surface area contributed by atoms with E-state index >= 15 is 0 Å². The van der Waals surface area contributed by atoms with Crippen LogP contribution in [0.25, 0.3) is 0 Å². The van der Waals surface area contributed by atoms with Gasteiger partial charge in [0.15, 0.2) is 0 Å². The van der Waals surface area contributed by atoms with Crippen molar-refractivity contribution in [1.29, 1.82) is 0 Å². The molecule has 1 aromatic heterocycles. The highest BCUT2D eigenvalue weighted by atomic mass is 32.1. The molecule has 0 unspecified atom stereocenters. The van der Waals surface area contributed by atoms with E-state index in [0.29, 0.717) is 25.6 Å². The van der Waals surface area contributed by atoms with E-state index < -0.39 is 0 Å². The number of piperidine rings is 1. The predicted molar refractivity (Wildman–Crippen MR) is 67.3 cm³/mol. The molecule has 17 heavy (non-hydrogen) atoms. The summed E-state index contributed by atoms with van der Waals surface area (Å²) in [6.07, 6.45) is 5.14. The second kappa shape index (κ2) is 6.83. The van der Waals surface area contributed by atoms with Crippen molar-refractivity contribution in [1.82, 2.24) is 10.3 Å². The molecule has 2 heterocycles. The summed E-state index contributed by atoms with van der Waals surface area (Å²) in [7, 11) is 0. The Kier molecular flexibility index (Phi) is 5.09. The van der Waals surface area contributed by atoms with Crippen LogP contribution in [0.15, 0.2) is 11.6 Å². The zero-order valence-corrected chi connectivity index (χ0v) is 10.7. The van der Waals surface area contributed by atoms with Gasteiger partial charge in [0.25, 0.3) is 0 Å². The lowest BCUT2D eigenvalue weighted by atomic mass is 10.1. The van der Waals surface area contributed by atoms with Crippen LogP contribution < -0.4 is 5.32 Å². The smallest absolute Gasteiger partial charge is 0.141 e. The molecule has 1 aliphatic heterocycles. The highest BCUT2D eigenvalue weighted by molar-refractivity contribution is 7.09. The van der Waals surface area contributed by atoms with Crippen LogP contribution in [0.4, 0.5) is 0 Å². The molecule has 2 rings (SSSR count). The fourth-order valence-corrected chi connectivity index (χ4v) is 2.54. The molecule has 0 saturated carbocycles. The standard InChI is InChI=1S/C12H18N2O2S/c15-10(9-12-14-6-8-17-12)3-7-16-11-1-4-13-5-2-11/h6,8,11,13H,1-5,7,9H2. The first-order valence-corrected chi connectivity index (χ1v) is 6.95. The fourth-order valence-electron chi connectivity index (χ4n) is 1.90. The molecule has 4 nitrogen and oxygen atoms in total. The monoisotopic (exact) mass is 254 g/mol. The third-order valence-corrected chi connectivity index (χ3v) is 3.63. The second-order valence-electron chi connectivity index (χ2n) is 4.21. The molecule has 1 fully saturated rings. The maximum absolute atomic E-state index is 11.6. The van der Waals surface area contributed by atoms with Gasteiger partial charge < -0.3 is 10.1 Å². The van der Waals surface area contributed by atoms with Crippen LogP contribution in [-0.2, 0) is 16.0 Å². The molecule has 0 spiro atoms. The van der Waals surface area contributed by atoms with Crippen LogP contribution in [0.3, 0.4) is 0 Å². The van der Waals surface area contributed by atoms with Crippen molar-refractivity contribution in [3.63, 3.8) is 0 Å². The lowest BCUT2D eigenvalue weighted by Gasteiger charge is -2.22. The van der Waals surface area contributed by atoms with Gasteiger partial charge in [0, 0.05) is 18.0 Å². The number of ketones is 1. The zero-order valence-electron chi connectivity index (χ0n) is 9.85. The summed E-state index contributed by atoms with van der Waals surface area (Å²) >= 11 is 1.53. The molecule has 0 aliphatic carbocycles. The zero-order chi connectivity index (χ0) is 11.9. The summed E-state index contributed by atoms with van der Waals surface area (Å²) in [5.41, 5.74) is 0. The number of hydrogen-bond acceptors (Lipinski definition) is 5. The molecule has 1 aromatic rings. The van der Waals surface area contributed by atoms with Crippen LogP contribution in [0.5, 0.6) is 0 Å². The first kappa shape index (κ1) is 12.7. The van der Waals surface area contributed by atoms with E-state index in [0.717, 1.165) is 30.9 Å². The lowest BCUT2D eigenvalue weighted by Crippen LogP contribution is -2.32. The molecule has 0 atom stereocenters. The number of Topliss-reactive ketones (excluding diaryl/α,β-unsaturated/α-hetero) is 1. The SMILES string of the molecule is O=C(CCOC1CCNCC1)Cc1nccs1. The Bertz CT molecular complexity index is 334. The van der Waals surface area contributed by atoms with E-state index in [-0.39, 0.29) is 5.78 Å². The fraction of sp³-hybridized carbons (Fsp3) is 0.667. The van der Waals surface area contributed by atoms with Gasteiger partial charge in [0.1, 0.15) is 5.78 Å². The summed E-state index contributed by atoms with van der Waals surface area (Å²) in [6.45, 7) is 2.60. The minimum absolute atomic E-state index is 0.217. The molecular formula is C12H18N2O2S. The van der Waals surface area contributed by atoms with Crippen molar-refractivity contribution in [2.45, 2.75) is 31.8 Å². The minimum Gasteiger partial charge on any atom is -0.378 e. The van der Waals surface area contributed by atoms with Gasteiger partial charge in [-0.1, -0.05) is 0 Å². The maximum Gasteiger partial charge on any atom is 0.141 e. The summed E-state index contributed by atoms with van der Waals surface area (Å²) in [6, 6.07) is 0. The van der Waals surface area contributed by atoms with Crippen LogP contribution >= 0.6 is 11.3 Å². The number of nitrogens with one attached hydrogen (secondary N) is 1. The molecule has 1 N–H and O–H groups in total. The number of thiazole rings is 1. The molecule has 0 aromatic carbocycles. The summed E-state index contributed by atoms with van der Waals surface area (Å²) in [5.74, 6) is 0.217. The van der Waals surface area contributed by atoms with Crippen molar-refractivity contribution < 1.29 is 9.53 Å². The third-order valence-electron chi connectivity index (χ3n) is 2.85. The average molecular weight is 254 g/mol. The molecule has 0 radical (unpaired) electrons. The first-order valence-electron chi connectivity index (χ1n) is 6.07. The Morgan fingerprint density at radius 3 is 3.06 bits per heavy atom. The molecule has 1 saturated heterocycles. The Balaban J connectivity index is 1.59. The third kappa shape index (κ3) is 4.53. The van der Waals surface area contributed by atoms with Crippen LogP contribution in [0.1, 0.15) is 24.3 Å². The molecule has 0 amide bonds. The Morgan fingerprint density at radius 2 is 2.35 bits per heavy atom. The van der Waals surface area contributed by atoms with E-state index in [2.05, 4.69) is 10.3 Å². The van der Waals surface area contributed by atoms with Crippen LogP contribution in [-0.4, -0.2) is 36.6 Å². The average Bonchev–Trinajstić information content (AvgIpc) is 2.83. The van der Waals surface area contributed by atoms with Crippen molar-refractivity contribution in [3.05, 3.63) is 16.6 Å². The van der Waals surface area contributed by atoms with Crippen LogP contribution in [0, 0.1) is 0 Å². The summed E-state index contributed by atoms with van der Waals surface area (Å²) in [5, 5.41) is 6.09. The van der Waals surface area contributed by atoms with E-state index in [1.807, 2.05) is 5.38 Å². The summed E-state index contributed by atoms with van der Waals surface area (Å²) in [4.78, 5) is 15.7. The normalized spacial score (nSPS) is 17.2. The highest BCUT2D eigenvalue weighted by Gasteiger charge is 2.13. The van der Waals surface area contributed by atoms with Gasteiger partial charge in [-0.15, -0.1) is 11.3 Å². The largest absolute Gasteiger partial charge is 0.378 e. The van der Waals surface area contributed by atoms with E-state index in [1.165, 1.54) is 11.3 Å². The van der Waals surface area contributed by atoms with Gasteiger partial charge in [-0.05, 0) is 25.9 Å². The molecule has 94 valence electrons. The Morgan fingerprint density at radius 1 is 1.53 bits per heavy atom. The minimum atomic E-state index is 0.217. The second-order valence-corrected chi connectivity index (χ2v) is 5.19. The number of rotatable bonds is 6. The Hall–Kier alpha value is -0.780. The molecule has 0 bridgehead atoms. The van der Waals surface area contributed by atoms with Crippen molar-refractivity contribution >= 4 is 17.1 Å². The van der Waals surface area contributed by atoms with Crippen LogP contribution in [0.2, 0.25) is 0 Å². The predicted octanol–water partition coefficient (Wildman–Crippen LogP) is 1.41. The van der Waals surface area contributed by atoms with Gasteiger partial charge in [0.05, 0.1) is 24.1 Å². The van der Waals surface area contributed by atoms with E-state index in [1.54, 1.807) is 6.20 Å². The number of hydrogen-bond donors (Lipinski definition) is 1. The molecule has 1 aliphatic rings. The van der Waals surface area contributed by atoms with Crippen molar-refractivity contribution in [2.75, 3.05) is 19.7 Å². The number of carbonyl (C=O) groups is 1. The topological polar surface area (TPSA) is 51.2 Å². The van der Waals surface area contributed by atoms with E-state index in [9.17, 15) is 4.79 Å².